The van der Waals surface area contributed by atoms with Crippen LogP contribution in [0.4, 0.5) is 4.39 Å². The molecule has 2 aromatic carbocycles. The Bertz CT molecular complexity index is 910. The summed E-state index contributed by atoms with van der Waals surface area (Å²) in [6, 6.07) is 13.7. The first kappa shape index (κ1) is 21.0. The molecule has 1 unspecified atom stereocenters. The van der Waals surface area contributed by atoms with E-state index in [2.05, 4.69) is 15.9 Å². The maximum absolute atomic E-state index is 13.4. The van der Waals surface area contributed by atoms with Crippen LogP contribution < -0.4 is 0 Å². The third kappa shape index (κ3) is 4.75. The van der Waals surface area contributed by atoms with Crippen LogP contribution in [-0.4, -0.2) is 47.3 Å². The van der Waals surface area contributed by atoms with Crippen LogP contribution in [0.3, 0.4) is 0 Å². The van der Waals surface area contributed by atoms with E-state index in [1.165, 1.54) is 6.07 Å². The van der Waals surface area contributed by atoms with Crippen molar-refractivity contribution in [2.45, 2.75) is 38.1 Å². The quantitative estimate of drug-likeness (QED) is 0.648. The van der Waals surface area contributed by atoms with Crippen molar-refractivity contribution < 1.29 is 14.0 Å². The fourth-order valence-corrected chi connectivity index (χ4v) is 4.85. The fourth-order valence-electron chi connectivity index (χ4n) is 4.59. The van der Waals surface area contributed by atoms with Crippen molar-refractivity contribution in [2.24, 2.45) is 5.92 Å². The predicted octanol–water partition coefficient (Wildman–Crippen LogP) is 4.67. The van der Waals surface area contributed by atoms with Crippen LogP contribution in [0.2, 0.25) is 0 Å². The molecule has 2 aromatic rings. The predicted molar refractivity (Wildman–Crippen MR) is 118 cm³/mol. The Morgan fingerprint density at radius 1 is 1.00 bits per heavy atom. The van der Waals surface area contributed by atoms with E-state index >= 15 is 0 Å². The molecular weight excluding hydrogens is 447 g/mol. The molecule has 158 valence electrons. The van der Waals surface area contributed by atoms with E-state index in [0.717, 1.165) is 42.1 Å². The Balaban J connectivity index is 1.35. The molecule has 4 nitrogen and oxygen atoms in total. The van der Waals surface area contributed by atoms with Crippen molar-refractivity contribution in [3.8, 4) is 0 Å². The van der Waals surface area contributed by atoms with Crippen molar-refractivity contribution in [1.82, 2.24) is 9.80 Å². The molecule has 30 heavy (non-hydrogen) atoms. The Hall–Kier alpha value is -2.21. The number of carbonyl (C=O) groups excluding carboxylic acids is 2. The highest BCUT2D eigenvalue weighted by Crippen LogP contribution is 2.27. The fraction of sp³-hybridized carbons (Fsp3) is 0.417. The summed E-state index contributed by atoms with van der Waals surface area (Å²) in [4.78, 5) is 29.8. The minimum atomic E-state index is -0.360. The molecule has 2 amide bonds. The molecule has 0 radical (unpaired) electrons. The molecular formula is C24H26BrFN2O2. The molecule has 1 atom stereocenters. The molecule has 2 heterocycles. The smallest absolute Gasteiger partial charge is 0.254 e. The lowest BCUT2D eigenvalue weighted by Gasteiger charge is -2.35. The van der Waals surface area contributed by atoms with Gasteiger partial charge >= 0.3 is 0 Å². The van der Waals surface area contributed by atoms with Gasteiger partial charge in [-0.05, 0) is 80.0 Å². The molecule has 0 bridgehead atoms. The summed E-state index contributed by atoms with van der Waals surface area (Å²) in [5.41, 5.74) is 1.63. The van der Waals surface area contributed by atoms with Crippen LogP contribution in [0, 0.1) is 11.7 Å². The second-order valence-corrected chi connectivity index (χ2v) is 9.18. The van der Waals surface area contributed by atoms with Gasteiger partial charge in [-0.2, -0.15) is 0 Å². The largest absolute Gasteiger partial charge is 0.341 e. The molecule has 0 N–H and O–H groups in total. The molecule has 2 fully saturated rings. The van der Waals surface area contributed by atoms with E-state index in [9.17, 15) is 14.0 Å². The molecule has 0 saturated carbocycles. The average molecular weight is 473 g/mol. The Labute approximate surface area is 185 Å². The number of carbonyl (C=O) groups is 2. The van der Waals surface area contributed by atoms with Crippen molar-refractivity contribution in [1.29, 1.82) is 0 Å². The van der Waals surface area contributed by atoms with Gasteiger partial charge in [-0.15, -0.1) is 0 Å². The second-order valence-electron chi connectivity index (χ2n) is 8.27. The number of amides is 2. The molecule has 2 saturated heterocycles. The zero-order valence-electron chi connectivity index (χ0n) is 16.9. The van der Waals surface area contributed by atoms with Gasteiger partial charge in [0.2, 0.25) is 5.91 Å². The summed E-state index contributed by atoms with van der Waals surface area (Å²) in [5.74, 6) is 0.262. The van der Waals surface area contributed by atoms with E-state index in [0.29, 0.717) is 31.1 Å². The monoisotopic (exact) mass is 472 g/mol. The van der Waals surface area contributed by atoms with E-state index in [4.69, 9.17) is 0 Å². The summed E-state index contributed by atoms with van der Waals surface area (Å²) < 4.78 is 14.3. The lowest BCUT2D eigenvalue weighted by Crippen LogP contribution is -2.50. The third-order valence-electron chi connectivity index (χ3n) is 6.23. The van der Waals surface area contributed by atoms with E-state index in [-0.39, 0.29) is 23.7 Å². The van der Waals surface area contributed by atoms with E-state index in [1.54, 1.807) is 29.2 Å². The zero-order valence-corrected chi connectivity index (χ0v) is 18.5. The average Bonchev–Trinajstić information content (AvgIpc) is 3.24. The van der Waals surface area contributed by atoms with Crippen molar-refractivity contribution in [3.63, 3.8) is 0 Å². The number of piperidine rings is 1. The summed E-state index contributed by atoms with van der Waals surface area (Å²) in [7, 11) is 0. The van der Waals surface area contributed by atoms with Crippen LogP contribution in [0.1, 0.15) is 41.6 Å². The van der Waals surface area contributed by atoms with Crippen LogP contribution in [0.25, 0.3) is 0 Å². The van der Waals surface area contributed by atoms with Gasteiger partial charge in [0, 0.05) is 29.7 Å². The second kappa shape index (κ2) is 9.29. The number of halogens is 2. The normalized spacial score (nSPS) is 19.9. The maximum Gasteiger partial charge on any atom is 0.254 e. The molecule has 4 rings (SSSR count). The lowest BCUT2D eigenvalue weighted by atomic mass is 9.90. The van der Waals surface area contributed by atoms with Crippen LogP contribution in [0.5, 0.6) is 0 Å². The Morgan fingerprint density at radius 3 is 2.43 bits per heavy atom. The first-order valence-electron chi connectivity index (χ1n) is 10.6. The van der Waals surface area contributed by atoms with Crippen molar-refractivity contribution >= 4 is 27.7 Å². The Morgan fingerprint density at radius 2 is 1.73 bits per heavy atom. The van der Waals surface area contributed by atoms with Gasteiger partial charge in [0.15, 0.2) is 0 Å². The molecule has 2 aliphatic rings. The van der Waals surface area contributed by atoms with E-state index in [1.807, 2.05) is 23.1 Å². The van der Waals surface area contributed by atoms with Crippen molar-refractivity contribution in [2.75, 3.05) is 19.6 Å². The number of rotatable bonds is 4. The minimum Gasteiger partial charge on any atom is -0.341 e. The topological polar surface area (TPSA) is 40.6 Å². The lowest BCUT2D eigenvalue weighted by molar-refractivity contribution is -0.136. The van der Waals surface area contributed by atoms with Crippen LogP contribution in [-0.2, 0) is 11.2 Å². The summed E-state index contributed by atoms with van der Waals surface area (Å²) >= 11 is 3.39. The van der Waals surface area contributed by atoms with Gasteiger partial charge in [0.05, 0.1) is 0 Å². The summed E-state index contributed by atoms with van der Waals surface area (Å²) in [6.45, 7) is 2.03. The highest BCUT2D eigenvalue weighted by molar-refractivity contribution is 9.10. The molecule has 0 spiro atoms. The zero-order chi connectivity index (χ0) is 21.1. The van der Waals surface area contributed by atoms with Crippen molar-refractivity contribution in [3.05, 3.63) is 69.9 Å². The van der Waals surface area contributed by atoms with Gasteiger partial charge in [-0.1, -0.05) is 28.1 Å². The SMILES string of the molecule is O=C(C1CCCN1C(=O)c1ccc(Br)cc1)N1CCC(Cc2cccc(F)c2)CC1. The maximum atomic E-state index is 13.4. The summed E-state index contributed by atoms with van der Waals surface area (Å²) in [6.07, 6.45) is 4.25. The number of nitrogens with zero attached hydrogens (tertiary/aromatic N) is 2. The Kier molecular flexibility index (Phi) is 6.52. The van der Waals surface area contributed by atoms with Gasteiger partial charge in [-0.25, -0.2) is 4.39 Å². The van der Waals surface area contributed by atoms with Gasteiger partial charge in [0.1, 0.15) is 11.9 Å². The van der Waals surface area contributed by atoms with Gasteiger partial charge < -0.3 is 9.80 Å². The van der Waals surface area contributed by atoms with Crippen LogP contribution >= 0.6 is 15.9 Å². The van der Waals surface area contributed by atoms with Gasteiger partial charge in [-0.3, -0.25) is 9.59 Å². The van der Waals surface area contributed by atoms with Crippen LogP contribution in [0.15, 0.2) is 53.0 Å². The molecule has 2 aliphatic heterocycles. The van der Waals surface area contributed by atoms with Gasteiger partial charge in [0.25, 0.3) is 5.91 Å². The number of hydrogen-bond acceptors (Lipinski definition) is 2. The number of hydrogen-bond donors (Lipinski definition) is 0. The molecule has 0 aliphatic carbocycles. The minimum absolute atomic E-state index is 0.0701. The number of likely N-dealkylation sites (tertiary alicyclic amines) is 2. The summed E-state index contributed by atoms with van der Waals surface area (Å²) in [5, 5.41) is 0. The first-order valence-corrected chi connectivity index (χ1v) is 11.4. The molecule has 0 aromatic heterocycles. The first-order chi connectivity index (χ1) is 14.5. The highest BCUT2D eigenvalue weighted by atomic mass is 79.9. The molecule has 6 heteroatoms. The standard InChI is InChI=1S/C24H26BrFN2O2/c25-20-8-6-19(7-9-20)23(29)28-12-2-5-22(28)24(30)27-13-10-17(11-14-27)15-18-3-1-4-21(26)16-18/h1,3-4,6-9,16-17,22H,2,5,10-15H2. The number of benzene rings is 2. The third-order valence-corrected chi connectivity index (χ3v) is 6.76. The van der Waals surface area contributed by atoms with E-state index < -0.39 is 0 Å². The highest BCUT2D eigenvalue weighted by Gasteiger charge is 2.37.